The third-order valence-corrected chi connectivity index (χ3v) is 2.55. The van der Waals surface area contributed by atoms with E-state index < -0.39 is 5.78 Å². The van der Waals surface area contributed by atoms with Gasteiger partial charge < -0.3 is 10.2 Å². The second-order valence-corrected chi connectivity index (χ2v) is 3.98. The van der Waals surface area contributed by atoms with Crippen molar-refractivity contribution in [3.8, 4) is 17.2 Å². The number of nitriles is 1. The number of rotatable bonds is 2. The van der Waals surface area contributed by atoms with Crippen molar-refractivity contribution in [3.63, 3.8) is 0 Å². The molecule has 0 atom stereocenters. The Morgan fingerprint density at radius 2 is 2.11 bits per heavy atom. The Hall–Kier alpha value is -2.87. The maximum Gasteiger partial charge on any atom is 0.280 e. The molecule has 0 fully saturated rings. The normalized spacial score (nSPS) is 9.47. The van der Waals surface area contributed by atoms with Crippen LogP contribution in [0.15, 0.2) is 42.9 Å². The van der Waals surface area contributed by atoms with E-state index in [1.807, 2.05) is 19.1 Å². The molecule has 0 saturated heterocycles. The summed E-state index contributed by atoms with van der Waals surface area (Å²) in [5, 5.41) is 14.3. The molecule has 2 N–H and O–H groups in total. The molecule has 0 unspecified atom stereocenters. The quantitative estimate of drug-likeness (QED) is 0.636. The molecule has 0 bridgehead atoms. The topological polar surface area (TPSA) is 85.3 Å². The first kappa shape index (κ1) is 12.6. The van der Waals surface area contributed by atoms with Crippen LogP contribution in [-0.4, -0.2) is 21.0 Å². The van der Waals surface area contributed by atoms with Gasteiger partial charge in [-0.2, -0.15) is 5.26 Å². The molecule has 94 valence electrons. The Bertz CT molecular complexity index is 672. The summed E-state index contributed by atoms with van der Waals surface area (Å²) in [5.74, 6) is -0.632. The predicted molar refractivity (Wildman–Crippen MR) is 70.7 cm³/mol. The number of carbonyl (C=O) groups excluding carboxylic acids is 1. The molecule has 5 heteroatoms. The molecule has 2 rings (SSSR count). The van der Waals surface area contributed by atoms with Crippen molar-refractivity contribution in [2.45, 2.75) is 6.92 Å². The SMILES string of the molecule is Cc1cc[nH][nH]cc(-c2ccc(C(=O)C#N)nc2)c1. The molecular formula is C14H12N4O. The highest BCUT2D eigenvalue weighted by molar-refractivity contribution is 6.06. The molecule has 2 heterocycles. The van der Waals surface area contributed by atoms with E-state index in [1.54, 1.807) is 36.8 Å². The second-order valence-electron chi connectivity index (χ2n) is 3.98. The summed E-state index contributed by atoms with van der Waals surface area (Å²) in [5.41, 5.74) is 3.03. The molecule has 0 aliphatic heterocycles. The number of carbonyl (C=O) groups is 1. The maximum atomic E-state index is 11.2. The number of aromatic nitrogens is 3. The lowest BCUT2D eigenvalue weighted by atomic mass is 10.1. The fourth-order valence-electron chi connectivity index (χ4n) is 1.60. The van der Waals surface area contributed by atoms with Crippen molar-refractivity contribution in [3.05, 3.63) is 54.1 Å². The van der Waals surface area contributed by atoms with E-state index in [0.717, 1.165) is 16.7 Å². The summed E-state index contributed by atoms with van der Waals surface area (Å²) in [6.07, 6.45) is 5.18. The molecule has 5 nitrogen and oxygen atoms in total. The molecular weight excluding hydrogens is 240 g/mol. The van der Waals surface area contributed by atoms with E-state index >= 15 is 0 Å². The number of hydrogen-bond acceptors (Lipinski definition) is 3. The number of H-pyrrole nitrogens is 2. The van der Waals surface area contributed by atoms with Crippen LogP contribution in [0.25, 0.3) is 11.1 Å². The Balaban J connectivity index is 2.44. The van der Waals surface area contributed by atoms with Gasteiger partial charge in [0.05, 0.1) is 0 Å². The zero-order chi connectivity index (χ0) is 13.7. The Kier molecular flexibility index (Phi) is 3.74. The van der Waals surface area contributed by atoms with E-state index in [0.29, 0.717) is 0 Å². The van der Waals surface area contributed by atoms with Crippen molar-refractivity contribution < 1.29 is 4.79 Å². The number of nitrogens with one attached hydrogen (secondary N) is 2. The predicted octanol–water partition coefficient (Wildman–Crippen LogP) is 2.54. The maximum absolute atomic E-state index is 11.2. The Morgan fingerprint density at radius 1 is 1.26 bits per heavy atom. The van der Waals surface area contributed by atoms with Crippen LogP contribution in [0.1, 0.15) is 16.1 Å². The minimum absolute atomic E-state index is 0.157. The summed E-state index contributed by atoms with van der Waals surface area (Å²) < 4.78 is 0. The number of aromatic amines is 2. The first-order valence-electron chi connectivity index (χ1n) is 5.67. The van der Waals surface area contributed by atoms with Gasteiger partial charge in [0.1, 0.15) is 11.8 Å². The summed E-state index contributed by atoms with van der Waals surface area (Å²) in [4.78, 5) is 15.2. The standard InChI is InChI=1S/C14H12N4O/c1-10-4-5-17-18-9-12(6-10)11-2-3-13(16-8-11)14(19)7-15/h2-6,8-9,17-18H,1H3. The van der Waals surface area contributed by atoms with Gasteiger partial charge in [0, 0.05) is 29.7 Å². The van der Waals surface area contributed by atoms with Crippen LogP contribution in [0, 0.1) is 18.3 Å². The van der Waals surface area contributed by atoms with Gasteiger partial charge in [0.25, 0.3) is 5.78 Å². The number of hydrogen-bond donors (Lipinski definition) is 2. The molecule has 2 aromatic heterocycles. The van der Waals surface area contributed by atoms with Gasteiger partial charge in [-0.3, -0.25) is 9.78 Å². The second kappa shape index (κ2) is 5.65. The Morgan fingerprint density at radius 3 is 2.79 bits per heavy atom. The summed E-state index contributed by atoms with van der Waals surface area (Å²) in [6, 6.07) is 8.78. The van der Waals surface area contributed by atoms with Gasteiger partial charge >= 0.3 is 0 Å². The van der Waals surface area contributed by atoms with Gasteiger partial charge in [-0.05, 0) is 30.7 Å². The van der Waals surface area contributed by atoms with Gasteiger partial charge in [0.2, 0.25) is 0 Å². The van der Waals surface area contributed by atoms with Crippen LogP contribution in [-0.2, 0) is 0 Å². The molecule has 0 aliphatic rings. The van der Waals surface area contributed by atoms with Crippen LogP contribution in [0.5, 0.6) is 0 Å². The molecule has 0 saturated carbocycles. The number of nitrogens with zero attached hydrogens (tertiary/aromatic N) is 2. The fourth-order valence-corrected chi connectivity index (χ4v) is 1.60. The zero-order valence-corrected chi connectivity index (χ0v) is 10.3. The fraction of sp³-hybridized carbons (Fsp3) is 0.0714. The van der Waals surface area contributed by atoms with Crippen LogP contribution in [0.3, 0.4) is 0 Å². The molecule has 0 radical (unpaired) electrons. The first-order chi connectivity index (χ1) is 9.20. The van der Waals surface area contributed by atoms with Crippen molar-refractivity contribution in [2.24, 2.45) is 0 Å². The highest BCUT2D eigenvalue weighted by Gasteiger charge is 2.05. The van der Waals surface area contributed by atoms with Gasteiger partial charge in [-0.15, -0.1) is 0 Å². The largest absolute Gasteiger partial charge is 0.309 e. The van der Waals surface area contributed by atoms with Crippen molar-refractivity contribution >= 4 is 5.78 Å². The lowest BCUT2D eigenvalue weighted by Crippen LogP contribution is -1.97. The van der Waals surface area contributed by atoms with E-state index in [1.165, 1.54) is 0 Å². The van der Waals surface area contributed by atoms with E-state index in [-0.39, 0.29) is 5.69 Å². The molecule has 0 aliphatic carbocycles. The van der Waals surface area contributed by atoms with E-state index in [4.69, 9.17) is 5.26 Å². The van der Waals surface area contributed by atoms with Crippen LogP contribution >= 0.6 is 0 Å². The molecule has 0 amide bonds. The van der Waals surface area contributed by atoms with E-state index in [2.05, 4.69) is 15.2 Å². The van der Waals surface area contributed by atoms with Crippen LogP contribution in [0.2, 0.25) is 0 Å². The van der Waals surface area contributed by atoms with Crippen molar-refractivity contribution in [2.75, 3.05) is 0 Å². The Labute approximate surface area is 110 Å². The summed E-state index contributed by atoms with van der Waals surface area (Å²) >= 11 is 0. The number of ketones is 1. The van der Waals surface area contributed by atoms with Crippen LogP contribution in [0.4, 0.5) is 0 Å². The van der Waals surface area contributed by atoms with Gasteiger partial charge in [-0.1, -0.05) is 6.07 Å². The molecule has 0 spiro atoms. The summed E-state index contributed by atoms with van der Waals surface area (Å²) in [7, 11) is 0. The average Bonchev–Trinajstić information content (AvgIpc) is 2.42. The van der Waals surface area contributed by atoms with Crippen molar-refractivity contribution in [1.29, 1.82) is 5.26 Å². The van der Waals surface area contributed by atoms with Crippen molar-refractivity contribution in [1.82, 2.24) is 15.2 Å². The molecule has 19 heavy (non-hydrogen) atoms. The minimum Gasteiger partial charge on any atom is -0.309 e. The van der Waals surface area contributed by atoms with Gasteiger partial charge in [0.15, 0.2) is 0 Å². The monoisotopic (exact) mass is 252 g/mol. The minimum atomic E-state index is -0.632. The smallest absolute Gasteiger partial charge is 0.280 e. The third-order valence-electron chi connectivity index (χ3n) is 2.55. The third kappa shape index (κ3) is 3.07. The number of pyridine rings is 1. The van der Waals surface area contributed by atoms with Crippen LogP contribution < -0.4 is 0 Å². The van der Waals surface area contributed by atoms with E-state index in [9.17, 15) is 4.79 Å². The molecule has 2 aromatic rings. The number of aryl methyl sites for hydroxylation is 1. The highest BCUT2D eigenvalue weighted by Crippen LogP contribution is 2.17. The highest BCUT2D eigenvalue weighted by atomic mass is 16.1. The van der Waals surface area contributed by atoms with Gasteiger partial charge in [-0.25, -0.2) is 0 Å². The lowest BCUT2D eigenvalue weighted by Gasteiger charge is -2.01. The average molecular weight is 252 g/mol. The summed E-state index contributed by atoms with van der Waals surface area (Å²) in [6.45, 7) is 1.98. The number of Topliss-reactive ketones (excluding diaryl/α,β-unsaturated/α-hetero) is 1. The molecule has 0 aromatic carbocycles. The lowest BCUT2D eigenvalue weighted by molar-refractivity contribution is 0.105. The zero-order valence-electron chi connectivity index (χ0n) is 10.3. The first-order valence-corrected chi connectivity index (χ1v) is 5.67.